The predicted octanol–water partition coefficient (Wildman–Crippen LogP) is 3.39. The molecular formula is C17H17FN2O. The Bertz CT molecular complexity index is 699. The minimum Gasteiger partial charge on any atom is -0.396 e. The van der Waals surface area contributed by atoms with Gasteiger partial charge in [-0.3, -0.25) is 4.79 Å². The number of carbonyl (C=O) groups excluding carboxylic acids is 1. The maximum absolute atomic E-state index is 13.3. The zero-order valence-corrected chi connectivity index (χ0v) is 11.8. The van der Waals surface area contributed by atoms with E-state index in [0.29, 0.717) is 5.56 Å². The monoisotopic (exact) mass is 284 g/mol. The smallest absolute Gasteiger partial charge is 0.258 e. The SMILES string of the molecule is CC1CCc2ccccc2N1C(=O)c1ccc(F)c(N)c1. The van der Waals surface area contributed by atoms with E-state index in [2.05, 4.69) is 0 Å². The molecule has 1 unspecified atom stereocenters. The molecule has 2 N–H and O–H groups in total. The molecule has 1 atom stereocenters. The number of rotatable bonds is 1. The van der Waals surface area contributed by atoms with Crippen LogP contribution in [0, 0.1) is 5.82 Å². The Morgan fingerprint density at radius 1 is 1.29 bits per heavy atom. The summed E-state index contributed by atoms with van der Waals surface area (Å²) in [7, 11) is 0. The van der Waals surface area contributed by atoms with Crippen LogP contribution in [0.1, 0.15) is 29.3 Å². The van der Waals surface area contributed by atoms with E-state index >= 15 is 0 Å². The summed E-state index contributed by atoms with van der Waals surface area (Å²) in [6.45, 7) is 2.03. The van der Waals surface area contributed by atoms with Crippen molar-refractivity contribution in [1.29, 1.82) is 0 Å². The lowest BCUT2D eigenvalue weighted by Crippen LogP contribution is -2.42. The number of nitrogens with two attached hydrogens (primary N) is 1. The lowest BCUT2D eigenvalue weighted by molar-refractivity contribution is 0.0975. The lowest BCUT2D eigenvalue weighted by atomic mass is 9.95. The molecule has 0 bridgehead atoms. The molecule has 1 aliphatic rings. The number of amides is 1. The van der Waals surface area contributed by atoms with Crippen LogP contribution in [0.4, 0.5) is 15.8 Å². The number of nitrogens with zero attached hydrogens (tertiary/aromatic N) is 1. The van der Waals surface area contributed by atoms with Crippen LogP contribution in [0.25, 0.3) is 0 Å². The first-order valence-corrected chi connectivity index (χ1v) is 7.04. The quantitative estimate of drug-likeness (QED) is 0.816. The van der Waals surface area contributed by atoms with E-state index in [0.717, 1.165) is 18.5 Å². The Labute approximate surface area is 123 Å². The van der Waals surface area contributed by atoms with Crippen LogP contribution in [0.15, 0.2) is 42.5 Å². The molecule has 0 saturated heterocycles. The minimum absolute atomic E-state index is 0.00111. The molecule has 1 heterocycles. The van der Waals surface area contributed by atoms with E-state index in [1.165, 1.54) is 23.8 Å². The standard InChI is InChI=1S/C17H17FN2O/c1-11-6-7-12-4-2-3-5-16(12)20(11)17(21)13-8-9-14(18)15(19)10-13/h2-5,8-11H,6-7,19H2,1H3. The molecule has 3 nitrogen and oxygen atoms in total. The summed E-state index contributed by atoms with van der Waals surface area (Å²) in [4.78, 5) is 14.6. The van der Waals surface area contributed by atoms with Gasteiger partial charge in [0.1, 0.15) is 5.82 Å². The summed E-state index contributed by atoms with van der Waals surface area (Å²) < 4.78 is 13.3. The summed E-state index contributed by atoms with van der Waals surface area (Å²) in [5, 5.41) is 0. The second-order valence-corrected chi connectivity index (χ2v) is 5.43. The van der Waals surface area contributed by atoms with Gasteiger partial charge in [0.15, 0.2) is 0 Å². The molecule has 2 aromatic rings. The highest BCUT2D eigenvalue weighted by Crippen LogP contribution is 2.32. The highest BCUT2D eigenvalue weighted by molar-refractivity contribution is 6.07. The van der Waals surface area contributed by atoms with Crippen molar-refractivity contribution < 1.29 is 9.18 Å². The van der Waals surface area contributed by atoms with Gasteiger partial charge in [0.2, 0.25) is 0 Å². The Balaban J connectivity index is 2.02. The van der Waals surface area contributed by atoms with Gasteiger partial charge in [0.05, 0.1) is 5.69 Å². The molecule has 1 aliphatic heterocycles. The third-order valence-corrected chi connectivity index (χ3v) is 3.99. The average molecular weight is 284 g/mol. The van der Waals surface area contributed by atoms with Crippen LogP contribution in [0.2, 0.25) is 0 Å². The first-order valence-electron chi connectivity index (χ1n) is 7.04. The van der Waals surface area contributed by atoms with E-state index < -0.39 is 5.82 Å². The van der Waals surface area contributed by atoms with Crippen LogP contribution in [-0.4, -0.2) is 11.9 Å². The summed E-state index contributed by atoms with van der Waals surface area (Å²) in [6.07, 6.45) is 1.88. The minimum atomic E-state index is -0.501. The first kappa shape index (κ1) is 13.6. The number of hydrogen-bond donors (Lipinski definition) is 1. The van der Waals surface area contributed by atoms with Crippen molar-refractivity contribution in [2.45, 2.75) is 25.8 Å². The van der Waals surface area contributed by atoms with Gasteiger partial charge in [-0.2, -0.15) is 0 Å². The molecule has 3 rings (SSSR count). The van der Waals surface area contributed by atoms with Crippen LogP contribution < -0.4 is 10.6 Å². The van der Waals surface area contributed by atoms with Crippen molar-refractivity contribution in [3.8, 4) is 0 Å². The topological polar surface area (TPSA) is 46.3 Å². The van der Waals surface area contributed by atoms with Crippen molar-refractivity contribution in [1.82, 2.24) is 0 Å². The van der Waals surface area contributed by atoms with Gasteiger partial charge in [-0.25, -0.2) is 4.39 Å². The molecule has 1 amide bonds. The normalized spacial score (nSPS) is 17.4. The maximum Gasteiger partial charge on any atom is 0.258 e. The maximum atomic E-state index is 13.3. The van der Waals surface area contributed by atoms with Crippen molar-refractivity contribution in [2.75, 3.05) is 10.6 Å². The zero-order valence-electron chi connectivity index (χ0n) is 11.8. The summed E-state index contributed by atoms with van der Waals surface area (Å²) in [6, 6.07) is 12.1. The molecule has 0 fully saturated rings. The zero-order chi connectivity index (χ0) is 15.0. The summed E-state index contributed by atoms with van der Waals surface area (Å²) in [5.41, 5.74) is 8.08. The van der Waals surface area contributed by atoms with Crippen molar-refractivity contribution >= 4 is 17.3 Å². The van der Waals surface area contributed by atoms with Gasteiger partial charge >= 0.3 is 0 Å². The van der Waals surface area contributed by atoms with E-state index in [4.69, 9.17) is 5.73 Å². The number of para-hydroxylation sites is 1. The number of benzene rings is 2. The molecule has 2 aromatic carbocycles. The van der Waals surface area contributed by atoms with Crippen LogP contribution in [0.3, 0.4) is 0 Å². The Morgan fingerprint density at radius 3 is 2.81 bits per heavy atom. The van der Waals surface area contributed by atoms with E-state index in [-0.39, 0.29) is 17.6 Å². The van der Waals surface area contributed by atoms with Gasteiger partial charge in [-0.05, 0) is 49.6 Å². The van der Waals surface area contributed by atoms with Gasteiger partial charge in [0.25, 0.3) is 5.91 Å². The van der Waals surface area contributed by atoms with Crippen LogP contribution in [-0.2, 0) is 6.42 Å². The van der Waals surface area contributed by atoms with Crippen molar-refractivity contribution in [2.24, 2.45) is 0 Å². The first-order chi connectivity index (χ1) is 10.1. The number of halogens is 1. The molecule has 0 spiro atoms. The fourth-order valence-corrected chi connectivity index (χ4v) is 2.81. The van der Waals surface area contributed by atoms with E-state index in [1.54, 1.807) is 4.90 Å². The van der Waals surface area contributed by atoms with Gasteiger partial charge in [-0.1, -0.05) is 18.2 Å². The highest BCUT2D eigenvalue weighted by atomic mass is 19.1. The highest BCUT2D eigenvalue weighted by Gasteiger charge is 2.28. The van der Waals surface area contributed by atoms with Gasteiger partial charge in [0, 0.05) is 17.3 Å². The second-order valence-electron chi connectivity index (χ2n) is 5.43. The molecule has 4 heteroatoms. The Hall–Kier alpha value is -2.36. The van der Waals surface area contributed by atoms with Gasteiger partial charge in [-0.15, -0.1) is 0 Å². The predicted molar refractivity (Wildman–Crippen MR) is 81.8 cm³/mol. The number of carbonyl (C=O) groups is 1. The van der Waals surface area contributed by atoms with Crippen molar-refractivity contribution in [3.63, 3.8) is 0 Å². The lowest BCUT2D eigenvalue weighted by Gasteiger charge is -2.35. The molecule has 21 heavy (non-hydrogen) atoms. The largest absolute Gasteiger partial charge is 0.396 e. The molecule has 0 aromatic heterocycles. The number of fused-ring (bicyclic) bond motifs is 1. The second kappa shape index (κ2) is 5.20. The Kier molecular flexibility index (Phi) is 3.37. The van der Waals surface area contributed by atoms with Crippen LogP contribution in [0.5, 0.6) is 0 Å². The Morgan fingerprint density at radius 2 is 2.05 bits per heavy atom. The van der Waals surface area contributed by atoms with E-state index in [1.807, 2.05) is 31.2 Å². The third kappa shape index (κ3) is 2.37. The van der Waals surface area contributed by atoms with Crippen molar-refractivity contribution in [3.05, 3.63) is 59.4 Å². The third-order valence-electron chi connectivity index (χ3n) is 3.99. The fourth-order valence-electron chi connectivity index (χ4n) is 2.81. The number of anilines is 2. The molecule has 0 saturated carbocycles. The number of aryl methyl sites for hydroxylation is 1. The molecule has 0 aliphatic carbocycles. The summed E-state index contributed by atoms with van der Waals surface area (Å²) >= 11 is 0. The summed E-state index contributed by atoms with van der Waals surface area (Å²) in [5.74, 6) is -0.639. The molecular weight excluding hydrogens is 267 g/mol. The average Bonchev–Trinajstić information content (AvgIpc) is 2.49. The van der Waals surface area contributed by atoms with Gasteiger partial charge < -0.3 is 10.6 Å². The van der Waals surface area contributed by atoms with E-state index in [9.17, 15) is 9.18 Å². The molecule has 0 radical (unpaired) electrons. The number of nitrogen functional groups attached to an aromatic ring is 1. The molecule has 108 valence electrons. The van der Waals surface area contributed by atoms with Crippen LogP contribution >= 0.6 is 0 Å². The number of hydrogen-bond acceptors (Lipinski definition) is 2. The fraction of sp³-hybridized carbons (Fsp3) is 0.235.